The van der Waals surface area contributed by atoms with Gasteiger partial charge in [-0.05, 0) is 62.4 Å². The number of benzene rings is 1. The lowest BCUT2D eigenvalue weighted by molar-refractivity contribution is 0.196. The van der Waals surface area contributed by atoms with Crippen LogP contribution in [-0.2, 0) is 12.0 Å². The van der Waals surface area contributed by atoms with E-state index < -0.39 is 0 Å². The Labute approximate surface area is 184 Å². The van der Waals surface area contributed by atoms with E-state index in [1.54, 1.807) is 0 Å². The highest BCUT2D eigenvalue weighted by Gasteiger charge is 2.44. The molecule has 6 heteroatoms. The van der Waals surface area contributed by atoms with E-state index in [1.807, 2.05) is 24.4 Å². The molecule has 2 heterocycles. The van der Waals surface area contributed by atoms with Gasteiger partial charge < -0.3 is 10.6 Å². The number of pyridine rings is 1. The molecule has 0 bridgehead atoms. The van der Waals surface area contributed by atoms with Gasteiger partial charge in [-0.15, -0.1) is 0 Å². The molecule has 1 aliphatic heterocycles. The van der Waals surface area contributed by atoms with E-state index in [1.165, 1.54) is 18.4 Å². The van der Waals surface area contributed by atoms with Gasteiger partial charge in [0.05, 0.1) is 12.2 Å². The summed E-state index contributed by atoms with van der Waals surface area (Å²) in [6.45, 7) is 6.90. The monoisotopic (exact) mass is 425 g/mol. The molecule has 30 heavy (non-hydrogen) atoms. The molecule has 0 spiro atoms. The number of nitrogens with one attached hydrogen (secondary N) is 2. The van der Waals surface area contributed by atoms with Gasteiger partial charge in [0.25, 0.3) is 0 Å². The van der Waals surface area contributed by atoms with Gasteiger partial charge in [0.2, 0.25) is 0 Å². The van der Waals surface area contributed by atoms with Crippen molar-refractivity contribution < 1.29 is 0 Å². The van der Waals surface area contributed by atoms with Gasteiger partial charge in [-0.25, -0.2) is 0 Å². The second-order valence-electron chi connectivity index (χ2n) is 8.50. The van der Waals surface area contributed by atoms with Crippen LogP contribution in [-0.4, -0.2) is 48.1 Å². The van der Waals surface area contributed by atoms with Crippen molar-refractivity contribution in [3.05, 3.63) is 64.9 Å². The van der Waals surface area contributed by atoms with Gasteiger partial charge in [-0.2, -0.15) is 0 Å². The number of likely N-dealkylation sites (tertiary alicyclic amines) is 1. The van der Waals surface area contributed by atoms with Gasteiger partial charge in [0.1, 0.15) is 0 Å². The van der Waals surface area contributed by atoms with Crippen LogP contribution in [0.3, 0.4) is 0 Å². The summed E-state index contributed by atoms with van der Waals surface area (Å²) in [6, 6.07) is 14.9. The minimum atomic E-state index is 0.166. The van der Waals surface area contributed by atoms with Crippen molar-refractivity contribution >= 4 is 17.6 Å². The molecule has 5 nitrogen and oxygen atoms in total. The summed E-state index contributed by atoms with van der Waals surface area (Å²) < 4.78 is 0. The molecule has 160 valence electrons. The lowest BCUT2D eigenvalue weighted by Crippen LogP contribution is -2.48. The third-order valence-corrected chi connectivity index (χ3v) is 6.45. The predicted molar refractivity (Wildman–Crippen MR) is 124 cm³/mol. The van der Waals surface area contributed by atoms with E-state index in [4.69, 9.17) is 16.6 Å². The SMILES string of the molecule is CCNC(=NCC1(c2cccc(Cl)c2)CC1)NC1CCN(Cc2ccccn2)CC1. The summed E-state index contributed by atoms with van der Waals surface area (Å²) in [6.07, 6.45) is 6.48. The fourth-order valence-corrected chi connectivity index (χ4v) is 4.40. The van der Waals surface area contributed by atoms with Gasteiger partial charge in [-0.1, -0.05) is 29.8 Å². The number of piperidine rings is 1. The van der Waals surface area contributed by atoms with Gasteiger partial charge >= 0.3 is 0 Å². The summed E-state index contributed by atoms with van der Waals surface area (Å²) in [5.74, 6) is 0.939. The Morgan fingerprint density at radius 3 is 2.70 bits per heavy atom. The van der Waals surface area contributed by atoms with E-state index in [9.17, 15) is 0 Å². The third-order valence-electron chi connectivity index (χ3n) is 6.21. The summed E-state index contributed by atoms with van der Waals surface area (Å²) in [5, 5.41) is 7.92. The smallest absolute Gasteiger partial charge is 0.191 e. The lowest BCUT2D eigenvalue weighted by Gasteiger charge is -2.33. The molecule has 0 amide bonds. The highest BCUT2D eigenvalue weighted by molar-refractivity contribution is 6.30. The van der Waals surface area contributed by atoms with Crippen molar-refractivity contribution in [1.82, 2.24) is 20.5 Å². The second-order valence-corrected chi connectivity index (χ2v) is 8.94. The zero-order chi connectivity index (χ0) is 20.8. The Kier molecular flexibility index (Phi) is 6.90. The first-order valence-corrected chi connectivity index (χ1v) is 11.5. The molecule has 0 unspecified atom stereocenters. The average molecular weight is 426 g/mol. The van der Waals surface area contributed by atoms with E-state index in [0.717, 1.165) is 62.2 Å². The Hall–Kier alpha value is -2.11. The lowest BCUT2D eigenvalue weighted by atomic mass is 9.96. The van der Waals surface area contributed by atoms with E-state index >= 15 is 0 Å². The second kappa shape index (κ2) is 9.80. The first kappa shape index (κ1) is 21.1. The standard InChI is InChI=1S/C24H32ClN5/c1-2-26-23(28-18-24(11-12-24)19-6-5-7-20(25)16-19)29-21-9-14-30(15-10-21)17-22-8-3-4-13-27-22/h3-8,13,16,21H,2,9-12,14-15,17-18H2,1H3,(H2,26,28,29). The first-order chi connectivity index (χ1) is 14.7. The van der Waals surface area contributed by atoms with Crippen LogP contribution < -0.4 is 10.6 Å². The molecule has 1 aliphatic carbocycles. The molecule has 1 aromatic carbocycles. The number of aromatic nitrogens is 1. The summed E-state index contributed by atoms with van der Waals surface area (Å²) >= 11 is 6.21. The minimum Gasteiger partial charge on any atom is -0.357 e. The van der Waals surface area contributed by atoms with Crippen molar-refractivity contribution in [2.75, 3.05) is 26.2 Å². The molecular weight excluding hydrogens is 394 g/mol. The summed E-state index contributed by atoms with van der Waals surface area (Å²) in [4.78, 5) is 11.9. The van der Waals surface area contributed by atoms with Crippen molar-refractivity contribution in [2.24, 2.45) is 4.99 Å². The molecule has 2 aromatic rings. The number of rotatable bonds is 7. The maximum atomic E-state index is 6.21. The van der Waals surface area contributed by atoms with E-state index in [2.05, 4.69) is 51.7 Å². The highest BCUT2D eigenvalue weighted by Crippen LogP contribution is 2.48. The average Bonchev–Trinajstić information content (AvgIpc) is 3.56. The van der Waals surface area contributed by atoms with Crippen LogP contribution in [0, 0.1) is 0 Å². The Morgan fingerprint density at radius 1 is 1.20 bits per heavy atom. The van der Waals surface area contributed by atoms with Crippen molar-refractivity contribution in [3.63, 3.8) is 0 Å². The summed E-state index contributed by atoms with van der Waals surface area (Å²) in [5.41, 5.74) is 2.63. The maximum absolute atomic E-state index is 6.21. The zero-order valence-electron chi connectivity index (χ0n) is 17.8. The molecule has 4 rings (SSSR count). The van der Waals surface area contributed by atoms with E-state index in [0.29, 0.717) is 6.04 Å². The van der Waals surface area contributed by atoms with Crippen molar-refractivity contribution in [1.29, 1.82) is 0 Å². The van der Waals surface area contributed by atoms with Crippen molar-refractivity contribution in [3.8, 4) is 0 Å². The normalized spacial score (nSPS) is 19.5. The number of halogens is 1. The molecule has 0 radical (unpaired) electrons. The predicted octanol–water partition coefficient (Wildman–Crippen LogP) is 3.99. The number of nitrogens with zero attached hydrogens (tertiary/aromatic N) is 3. The largest absolute Gasteiger partial charge is 0.357 e. The fraction of sp³-hybridized carbons (Fsp3) is 0.500. The minimum absolute atomic E-state index is 0.166. The molecule has 2 fully saturated rings. The van der Waals surface area contributed by atoms with Crippen LogP contribution in [0.1, 0.15) is 43.9 Å². The molecule has 2 aliphatic rings. The van der Waals surface area contributed by atoms with Gasteiger partial charge in [0, 0.05) is 48.9 Å². The van der Waals surface area contributed by atoms with E-state index in [-0.39, 0.29) is 5.41 Å². The van der Waals surface area contributed by atoms with Gasteiger partial charge in [-0.3, -0.25) is 14.9 Å². The Bertz CT molecular complexity index is 842. The number of hydrogen-bond acceptors (Lipinski definition) is 3. The molecule has 1 aromatic heterocycles. The number of aliphatic imine (C=N–C) groups is 1. The van der Waals surface area contributed by atoms with Crippen LogP contribution in [0.5, 0.6) is 0 Å². The summed E-state index contributed by atoms with van der Waals surface area (Å²) in [7, 11) is 0. The van der Waals surface area contributed by atoms with Crippen LogP contribution in [0.15, 0.2) is 53.7 Å². The Morgan fingerprint density at radius 2 is 2.03 bits per heavy atom. The van der Waals surface area contributed by atoms with Crippen LogP contribution in [0.25, 0.3) is 0 Å². The zero-order valence-corrected chi connectivity index (χ0v) is 18.5. The fourth-order valence-electron chi connectivity index (χ4n) is 4.21. The van der Waals surface area contributed by atoms with Crippen molar-refractivity contribution in [2.45, 2.75) is 50.6 Å². The molecular formula is C24H32ClN5. The molecule has 1 saturated heterocycles. The topological polar surface area (TPSA) is 52.6 Å². The Balaban J connectivity index is 1.31. The van der Waals surface area contributed by atoms with Crippen LogP contribution in [0.2, 0.25) is 5.02 Å². The maximum Gasteiger partial charge on any atom is 0.191 e. The molecule has 1 saturated carbocycles. The molecule has 0 atom stereocenters. The first-order valence-electron chi connectivity index (χ1n) is 11.1. The highest BCUT2D eigenvalue weighted by atomic mass is 35.5. The number of guanidine groups is 1. The molecule has 2 N–H and O–H groups in total. The quantitative estimate of drug-likeness (QED) is 0.520. The number of hydrogen-bond donors (Lipinski definition) is 2. The third kappa shape index (κ3) is 5.52. The van der Waals surface area contributed by atoms with Crippen LogP contribution in [0.4, 0.5) is 0 Å². The van der Waals surface area contributed by atoms with Crippen LogP contribution >= 0.6 is 11.6 Å². The van der Waals surface area contributed by atoms with Gasteiger partial charge in [0.15, 0.2) is 5.96 Å².